The minimum absolute atomic E-state index is 0.0424. The summed E-state index contributed by atoms with van der Waals surface area (Å²) in [6.45, 7) is 4.54. The quantitative estimate of drug-likeness (QED) is 0.704. The SMILES string of the molecule is O=C(CN(CCN1CCOCC1)C(=O)CCC1CCCC1)Nc1ccon1. The zero-order chi connectivity index (χ0) is 18.9. The molecule has 3 rings (SSSR count). The number of amides is 2. The number of hydrogen-bond donors (Lipinski definition) is 1. The van der Waals surface area contributed by atoms with Crippen molar-refractivity contribution >= 4 is 17.6 Å². The van der Waals surface area contributed by atoms with Crippen LogP contribution in [-0.4, -0.2) is 72.7 Å². The number of ether oxygens (including phenoxy) is 1. The predicted octanol–water partition coefficient (Wildman–Crippen LogP) is 1.74. The van der Waals surface area contributed by atoms with E-state index in [1.54, 1.807) is 11.0 Å². The molecule has 2 heterocycles. The molecule has 0 unspecified atom stereocenters. The third kappa shape index (κ3) is 6.62. The summed E-state index contributed by atoms with van der Waals surface area (Å²) in [5.41, 5.74) is 0. The Balaban J connectivity index is 1.50. The Morgan fingerprint density at radius 2 is 2.04 bits per heavy atom. The second-order valence-electron chi connectivity index (χ2n) is 7.39. The third-order valence-electron chi connectivity index (χ3n) is 5.42. The van der Waals surface area contributed by atoms with E-state index in [1.165, 1.54) is 31.9 Å². The lowest BCUT2D eigenvalue weighted by atomic mass is 10.0. The molecule has 1 aromatic rings. The van der Waals surface area contributed by atoms with E-state index in [0.717, 1.165) is 39.3 Å². The van der Waals surface area contributed by atoms with Crippen LogP contribution in [0.3, 0.4) is 0 Å². The number of nitrogens with one attached hydrogen (secondary N) is 1. The topological polar surface area (TPSA) is 87.9 Å². The van der Waals surface area contributed by atoms with Gasteiger partial charge in [-0.2, -0.15) is 0 Å². The molecule has 2 aliphatic rings. The Morgan fingerprint density at radius 3 is 2.74 bits per heavy atom. The van der Waals surface area contributed by atoms with E-state index in [9.17, 15) is 9.59 Å². The summed E-state index contributed by atoms with van der Waals surface area (Å²) in [4.78, 5) is 29.1. The lowest BCUT2D eigenvalue weighted by Crippen LogP contribution is -2.45. The van der Waals surface area contributed by atoms with Gasteiger partial charge in [0.05, 0.1) is 19.8 Å². The van der Waals surface area contributed by atoms with Crippen LogP contribution < -0.4 is 5.32 Å². The fourth-order valence-corrected chi connectivity index (χ4v) is 3.80. The molecule has 1 aliphatic heterocycles. The van der Waals surface area contributed by atoms with Gasteiger partial charge in [-0.3, -0.25) is 14.5 Å². The first-order chi connectivity index (χ1) is 13.2. The largest absolute Gasteiger partial charge is 0.379 e. The number of hydrogen-bond acceptors (Lipinski definition) is 6. The van der Waals surface area contributed by atoms with Crippen LogP contribution in [0.25, 0.3) is 0 Å². The van der Waals surface area contributed by atoms with Crippen molar-refractivity contribution in [2.45, 2.75) is 38.5 Å². The normalized spacial score (nSPS) is 18.5. The van der Waals surface area contributed by atoms with E-state index in [-0.39, 0.29) is 18.4 Å². The van der Waals surface area contributed by atoms with Gasteiger partial charge in [-0.05, 0) is 12.3 Å². The van der Waals surface area contributed by atoms with Crippen LogP contribution in [0.4, 0.5) is 5.82 Å². The summed E-state index contributed by atoms with van der Waals surface area (Å²) >= 11 is 0. The van der Waals surface area contributed by atoms with Crippen LogP contribution in [-0.2, 0) is 14.3 Å². The molecule has 8 nitrogen and oxygen atoms in total. The van der Waals surface area contributed by atoms with Crippen LogP contribution in [0.5, 0.6) is 0 Å². The molecule has 0 aromatic carbocycles. The number of carbonyl (C=O) groups is 2. The number of carbonyl (C=O) groups excluding carboxylic acids is 2. The van der Waals surface area contributed by atoms with Crippen molar-refractivity contribution in [3.63, 3.8) is 0 Å². The van der Waals surface area contributed by atoms with E-state index < -0.39 is 0 Å². The summed E-state index contributed by atoms with van der Waals surface area (Å²) in [7, 11) is 0. The van der Waals surface area contributed by atoms with Crippen LogP contribution in [0.15, 0.2) is 16.9 Å². The fourth-order valence-electron chi connectivity index (χ4n) is 3.80. The highest BCUT2D eigenvalue weighted by molar-refractivity contribution is 5.93. The fraction of sp³-hybridized carbons (Fsp3) is 0.737. The van der Waals surface area contributed by atoms with E-state index in [2.05, 4.69) is 15.4 Å². The van der Waals surface area contributed by atoms with Crippen molar-refractivity contribution in [1.82, 2.24) is 15.0 Å². The van der Waals surface area contributed by atoms with E-state index in [1.807, 2.05) is 0 Å². The molecular weight excluding hydrogens is 348 g/mol. The molecule has 8 heteroatoms. The molecule has 2 amide bonds. The maximum Gasteiger partial charge on any atom is 0.245 e. The summed E-state index contributed by atoms with van der Waals surface area (Å²) in [5, 5.41) is 6.36. The summed E-state index contributed by atoms with van der Waals surface area (Å²) < 4.78 is 10.1. The Bertz CT molecular complexity index is 581. The van der Waals surface area contributed by atoms with Gasteiger partial charge in [0.2, 0.25) is 11.8 Å². The minimum Gasteiger partial charge on any atom is -0.379 e. The van der Waals surface area contributed by atoms with Gasteiger partial charge in [-0.1, -0.05) is 30.8 Å². The number of nitrogens with zero attached hydrogens (tertiary/aromatic N) is 3. The lowest BCUT2D eigenvalue weighted by molar-refractivity contribution is -0.135. The van der Waals surface area contributed by atoms with Gasteiger partial charge in [0.1, 0.15) is 6.26 Å². The van der Waals surface area contributed by atoms with Gasteiger partial charge in [0.15, 0.2) is 5.82 Å². The first-order valence-electron chi connectivity index (χ1n) is 9.99. The summed E-state index contributed by atoms with van der Waals surface area (Å²) in [5.74, 6) is 0.844. The number of morpholine rings is 1. The minimum atomic E-state index is -0.250. The van der Waals surface area contributed by atoms with Crippen LogP contribution in [0.1, 0.15) is 38.5 Å². The second-order valence-corrected chi connectivity index (χ2v) is 7.39. The molecule has 1 saturated carbocycles. The number of rotatable bonds is 9. The van der Waals surface area contributed by atoms with Crippen molar-refractivity contribution in [3.05, 3.63) is 12.3 Å². The van der Waals surface area contributed by atoms with Gasteiger partial charge in [0, 0.05) is 38.7 Å². The van der Waals surface area contributed by atoms with Crippen LogP contribution >= 0.6 is 0 Å². The van der Waals surface area contributed by atoms with Crippen molar-refractivity contribution in [2.24, 2.45) is 5.92 Å². The molecule has 1 saturated heterocycles. The zero-order valence-corrected chi connectivity index (χ0v) is 15.9. The van der Waals surface area contributed by atoms with Gasteiger partial charge in [0.25, 0.3) is 0 Å². The second kappa shape index (κ2) is 10.4. The van der Waals surface area contributed by atoms with Crippen LogP contribution in [0, 0.1) is 5.92 Å². The van der Waals surface area contributed by atoms with Gasteiger partial charge in [-0.15, -0.1) is 0 Å². The third-order valence-corrected chi connectivity index (χ3v) is 5.42. The van der Waals surface area contributed by atoms with Gasteiger partial charge in [-0.25, -0.2) is 0 Å². The molecule has 27 heavy (non-hydrogen) atoms. The standard InChI is InChI=1S/C19H30N4O4/c24-18(20-17-7-12-27-21-17)15-23(9-8-22-10-13-26-14-11-22)19(25)6-5-16-3-1-2-4-16/h7,12,16H,1-6,8-11,13-15H2,(H,20,21,24). The van der Waals surface area contributed by atoms with Gasteiger partial charge < -0.3 is 19.5 Å². The summed E-state index contributed by atoms with van der Waals surface area (Å²) in [6, 6.07) is 1.58. The lowest BCUT2D eigenvalue weighted by Gasteiger charge is -2.30. The molecule has 1 N–H and O–H groups in total. The van der Waals surface area contributed by atoms with E-state index in [0.29, 0.717) is 24.7 Å². The Labute approximate surface area is 160 Å². The molecule has 2 fully saturated rings. The molecule has 150 valence electrons. The summed E-state index contributed by atoms with van der Waals surface area (Å²) in [6.07, 6.45) is 7.86. The first kappa shape index (κ1) is 19.8. The van der Waals surface area contributed by atoms with Crippen molar-refractivity contribution in [3.8, 4) is 0 Å². The maximum atomic E-state index is 12.8. The molecule has 0 bridgehead atoms. The average Bonchev–Trinajstić information content (AvgIpc) is 3.38. The van der Waals surface area contributed by atoms with Crippen molar-refractivity contribution in [2.75, 3.05) is 51.3 Å². The molecule has 1 aromatic heterocycles. The Hall–Kier alpha value is -1.93. The number of anilines is 1. The van der Waals surface area contributed by atoms with Crippen molar-refractivity contribution in [1.29, 1.82) is 0 Å². The number of aromatic nitrogens is 1. The molecule has 0 atom stereocenters. The highest BCUT2D eigenvalue weighted by Crippen LogP contribution is 2.28. The molecule has 1 aliphatic carbocycles. The Morgan fingerprint density at radius 1 is 1.26 bits per heavy atom. The highest BCUT2D eigenvalue weighted by atomic mass is 16.5. The molecular formula is C19H30N4O4. The van der Waals surface area contributed by atoms with Crippen molar-refractivity contribution < 1.29 is 18.8 Å². The molecule has 0 spiro atoms. The zero-order valence-electron chi connectivity index (χ0n) is 15.9. The first-order valence-corrected chi connectivity index (χ1v) is 9.99. The average molecular weight is 378 g/mol. The predicted molar refractivity (Wildman–Crippen MR) is 100 cm³/mol. The van der Waals surface area contributed by atoms with Crippen LogP contribution in [0.2, 0.25) is 0 Å². The van der Waals surface area contributed by atoms with E-state index in [4.69, 9.17) is 9.26 Å². The van der Waals surface area contributed by atoms with E-state index >= 15 is 0 Å². The van der Waals surface area contributed by atoms with Gasteiger partial charge >= 0.3 is 0 Å². The highest BCUT2D eigenvalue weighted by Gasteiger charge is 2.22. The maximum absolute atomic E-state index is 12.8. The smallest absolute Gasteiger partial charge is 0.245 e. The molecule has 0 radical (unpaired) electrons. The monoisotopic (exact) mass is 378 g/mol. The Kier molecular flexibility index (Phi) is 7.65.